The summed E-state index contributed by atoms with van der Waals surface area (Å²) < 4.78 is 10.7. The van der Waals surface area contributed by atoms with Crippen LogP contribution in [0.1, 0.15) is 16.7 Å². The number of carbonyl (C=O) groups excluding carboxylic acids is 1. The average molecular weight is 328 g/mol. The Balaban J connectivity index is 1.68. The Kier molecular flexibility index (Phi) is 6.49. The van der Waals surface area contributed by atoms with E-state index in [-0.39, 0.29) is 12.8 Å². The summed E-state index contributed by atoms with van der Waals surface area (Å²) >= 11 is 0. The van der Waals surface area contributed by atoms with Crippen LogP contribution >= 0.6 is 0 Å². The first-order chi connectivity index (χ1) is 11.6. The van der Waals surface area contributed by atoms with Crippen LogP contribution in [0.5, 0.6) is 11.5 Å². The summed E-state index contributed by atoms with van der Waals surface area (Å²) in [6.07, 6.45) is 0.739. The van der Waals surface area contributed by atoms with E-state index < -0.39 is 0 Å². The van der Waals surface area contributed by atoms with E-state index in [1.165, 1.54) is 5.56 Å². The molecule has 0 saturated carbocycles. The van der Waals surface area contributed by atoms with Gasteiger partial charge in [-0.25, -0.2) is 4.79 Å². The molecule has 0 aliphatic rings. The minimum Gasteiger partial charge on any atom is -0.497 e. The zero-order chi connectivity index (χ0) is 17.4. The van der Waals surface area contributed by atoms with Gasteiger partial charge in [-0.3, -0.25) is 0 Å². The van der Waals surface area contributed by atoms with Gasteiger partial charge in [0.05, 0.1) is 7.11 Å². The monoisotopic (exact) mass is 328 g/mol. The summed E-state index contributed by atoms with van der Waals surface area (Å²) in [7, 11) is 1.64. The molecule has 24 heavy (non-hydrogen) atoms. The number of benzene rings is 2. The average Bonchev–Trinajstić information content (AvgIpc) is 2.57. The topological polar surface area (TPSA) is 59.6 Å². The number of methoxy groups -OCH3 is 1. The number of amides is 2. The van der Waals surface area contributed by atoms with Gasteiger partial charge in [-0.2, -0.15) is 0 Å². The number of hydrogen-bond donors (Lipinski definition) is 2. The van der Waals surface area contributed by atoms with Gasteiger partial charge in [0.25, 0.3) is 0 Å². The maximum absolute atomic E-state index is 11.8. The number of hydrogen-bond acceptors (Lipinski definition) is 3. The number of nitrogens with one attached hydrogen (secondary N) is 2. The zero-order valence-corrected chi connectivity index (χ0v) is 14.4. The molecule has 2 aromatic carbocycles. The molecule has 2 aromatic rings. The van der Waals surface area contributed by atoms with Crippen molar-refractivity contribution in [2.75, 3.05) is 20.4 Å². The lowest BCUT2D eigenvalue weighted by Crippen LogP contribution is -2.38. The van der Waals surface area contributed by atoms with Gasteiger partial charge < -0.3 is 20.1 Å². The SMILES string of the molecule is COc1cccc(CCNC(=O)NCOc2ccc(C)cc2C)c1. The summed E-state index contributed by atoms with van der Waals surface area (Å²) in [5, 5.41) is 5.49. The Labute approximate surface area is 143 Å². The predicted molar refractivity (Wildman–Crippen MR) is 94.6 cm³/mol. The van der Waals surface area contributed by atoms with E-state index in [1.807, 2.05) is 56.3 Å². The van der Waals surface area contributed by atoms with Crippen LogP contribution in [0, 0.1) is 13.8 Å². The molecule has 0 heterocycles. The van der Waals surface area contributed by atoms with Crippen molar-refractivity contribution in [3.05, 3.63) is 59.2 Å². The van der Waals surface area contributed by atoms with Gasteiger partial charge in [0.2, 0.25) is 0 Å². The molecular weight excluding hydrogens is 304 g/mol. The van der Waals surface area contributed by atoms with Crippen molar-refractivity contribution in [3.8, 4) is 11.5 Å². The highest BCUT2D eigenvalue weighted by molar-refractivity contribution is 5.73. The fourth-order valence-electron chi connectivity index (χ4n) is 2.35. The third kappa shape index (κ3) is 5.50. The minimum absolute atomic E-state index is 0.134. The number of rotatable bonds is 7. The van der Waals surface area contributed by atoms with Crippen molar-refractivity contribution in [2.45, 2.75) is 20.3 Å². The fourth-order valence-corrected chi connectivity index (χ4v) is 2.35. The van der Waals surface area contributed by atoms with Crippen molar-refractivity contribution in [1.29, 1.82) is 0 Å². The van der Waals surface area contributed by atoms with Crippen LogP contribution in [-0.4, -0.2) is 26.4 Å². The Morgan fingerprint density at radius 2 is 1.92 bits per heavy atom. The molecule has 0 aliphatic heterocycles. The van der Waals surface area contributed by atoms with E-state index in [0.717, 1.165) is 29.0 Å². The van der Waals surface area contributed by atoms with E-state index in [2.05, 4.69) is 10.6 Å². The van der Waals surface area contributed by atoms with E-state index in [1.54, 1.807) is 7.11 Å². The number of carbonyl (C=O) groups is 1. The number of aryl methyl sites for hydroxylation is 2. The first kappa shape index (κ1) is 17.7. The molecule has 2 rings (SSSR count). The van der Waals surface area contributed by atoms with Crippen molar-refractivity contribution < 1.29 is 14.3 Å². The highest BCUT2D eigenvalue weighted by atomic mass is 16.5. The summed E-state index contributed by atoms with van der Waals surface area (Å²) in [5.41, 5.74) is 3.35. The molecule has 2 N–H and O–H groups in total. The fraction of sp³-hybridized carbons (Fsp3) is 0.316. The van der Waals surface area contributed by atoms with E-state index in [0.29, 0.717) is 6.54 Å². The molecule has 0 spiro atoms. The lowest BCUT2D eigenvalue weighted by atomic mass is 10.1. The maximum Gasteiger partial charge on any atom is 0.317 e. The standard InChI is InChI=1S/C19H24N2O3/c1-14-7-8-18(15(2)11-14)24-13-21-19(22)20-10-9-16-5-4-6-17(12-16)23-3/h4-8,11-12H,9-10,13H2,1-3H3,(H2,20,21,22). The van der Waals surface area contributed by atoms with Crippen LogP contribution in [0.15, 0.2) is 42.5 Å². The molecule has 0 fully saturated rings. The first-order valence-electron chi connectivity index (χ1n) is 7.93. The third-order valence-electron chi connectivity index (χ3n) is 3.62. The van der Waals surface area contributed by atoms with Gasteiger partial charge in [-0.15, -0.1) is 0 Å². The van der Waals surface area contributed by atoms with Crippen LogP contribution in [-0.2, 0) is 6.42 Å². The second-order valence-corrected chi connectivity index (χ2v) is 5.59. The van der Waals surface area contributed by atoms with E-state index >= 15 is 0 Å². The van der Waals surface area contributed by atoms with Crippen molar-refractivity contribution in [3.63, 3.8) is 0 Å². The smallest absolute Gasteiger partial charge is 0.317 e. The minimum atomic E-state index is -0.248. The van der Waals surface area contributed by atoms with Crippen molar-refractivity contribution in [2.24, 2.45) is 0 Å². The predicted octanol–water partition coefficient (Wildman–Crippen LogP) is 3.19. The Bertz CT molecular complexity index is 686. The molecule has 0 saturated heterocycles. The first-order valence-corrected chi connectivity index (χ1v) is 7.93. The molecule has 0 radical (unpaired) electrons. The van der Waals surface area contributed by atoms with Crippen molar-refractivity contribution >= 4 is 6.03 Å². The normalized spacial score (nSPS) is 10.1. The number of ether oxygens (including phenoxy) is 2. The van der Waals surface area contributed by atoms with Gasteiger partial charge in [-0.1, -0.05) is 29.8 Å². The van der Waals surface area contributed by atoms with E-state index in [4.69, 9.17) is 9.47 Å². The highest BCUT2D eigenvalue weighted by Crippen LogP contribution is 2.18. The van der Waals surface area contributed by atoms with Gasteiger partial charge >= 0.3 is 6.03 Å². The molecule has 0 atom stereocenters. The second-order valence-electron chi connectivity index (χ2n) is 5.59. The molecular formula is C19H24N2O3. The molecule has 5 nitrogen and oxygen atoms in total. The highest BCUT2D eigenvalue weighted by Gasteiger charge is 2.03. The molecule has 0 aromatic heterocycles. The van der Waals surface area contributed by atoms with Crippen LogP contribution in [0.3, 0.4) is 0 Å². The van der Waals surface area contributed by atoms with Crippen LogP contribution in [0.2, 0.25) is 0 Å². The molecule has 2 amide bonds. The maximum atomic E-state index is 11.8. The van der Waals surface area contributed by atoms with Gasteiger partial charge in [0, 0.05) is 6.54 Å². The largest absolute Gasteiger partial charge is 0.497 e. The summed E-state index contributed by atoms with van der Waals surface area (Å²) in [5.74, 6) is 1.59. The Morgan fingerprint density at radius 1 is 1.08 bits per heavy atom. The zero-order valence-electron chi connectivity index (χ0n) is 14.4. The van der Waals surface area contributed by atoms with Crippen LogP contribution in [0.25, 0.3) is 0 Å². The summed E-state index contributed by atoms with van der Waals surface area (Å²) in [6, 6.07) is 13.5. The van der Waals surface area contributed by atoms with Crippen molar-refractivity contribution in [1.82, 2.24) is 10.6 Å². The molecule has 128 valence electrons. The Morgan fingerprint density at radius 3 is 2.67 bits per heavy atom. The summed E-state index contributed by atoms with van der Waals surface area (Å²) in [4.78, 5) is 11.8. The number of urea groups is 1. The second kappa shape index (κ2) is 8.82. The third-order valence-corrected chi connectivity index (χ3v) is 3.62. The molecule has 0 aliphatic carbocycles. The molecule has 5 heteroatoms. The van der Waals surface area contributed by atoms with Crippen LogP contribution in [0.4, 0.5) is 4.79 Å². The van der Waals surface area contributed by atoms with Crippen LogP contribution < -0.4 is 20.1 Å². The van der Waals surface area contributed by atoms with Gasteiger partial charge in [-0.05, 0) is 49.6 Å². The quantitative estimate of drug-likeness (QED) is 0.768. The molecule has 0 bridgehead atoms. The summed E-state index contributed by atoms with van der Waals surface area (Å²) in [6.45, 7) is 4.69. The van der Waals surface area contributed by atoms with Gasteiger partial charge in [0.15, 0.2) is 6.73 Å². The molecule has 0 unspecified atom stereocenters. The van der Waals surface area contributed by atoms with E-state index in [9.17, 15) is 4.79 Å². The lowest BCUT2D eigenvalue weighted by Gasteiger charge is -2.11. The van der Waals surface area contributed by atoms with Gasteiger partial charge in [0.1, 0.15) is 11.5 Å². The lowest BCUT2D eigenvalue weighted by molar-refractivity contribution is 0.224. The Hall–Kier alpha value is -2.69.